The van der Waals surface area contributed by atoms with Crippen LogP contribution < -0.4 is 11.1 Å². The first-order valence-electron chi connectivity index (χ1n) is 8.98. The number of anilines is 1. The standard InChI is InChI=1S/C20H25N3O2S.ClH/c1-13(2)23-11-10-15-16(12-23)26-20(18(15)19(21)25)22-17(24)9-8-14-6-4-3-5-7-14;/h3-7,13H,8-12H2,1-2H3,(H2,21,25)(H,22,24);1H. The first-order valence-corrected chi connectivity index (χ1v) is 9.79. The molecule has 2 aromatic rings. The topological polar surface area (TPSA) is 75.4 Å². The van der Waals surface area contributed by atoms with Gasteiger partial charge in [-0.25, -0.2) is 0 Å². The molecule has 0 radical (unpaired) electrons. The highest BCUT2D eigenvalue weighted by Crippen LogP contribution is 2.37. The number of nitrogens with one attached hydrogen (secondary N) is 1. The Bertz CT molecular complexity index is 805. The third kappa shape index (κ3) is 5.09. The van der Waals surface area contributed by atoms with E-state index in [0.29, 0.717) is 29.4 Å². The molecule has 0 bridgehead atoms. The van der Waals surface area contributed by atoms with Crippen LogP contribution in [0.2, 0.25) is 0 Å². The zero-order valence-corrected chi connectivity index (χ0v) is 17.3. The summed E-state index contributed by atoms with van der Waals surface area (Å²) in [7, 11) is 0. The molecule has 27 heavy (non-hydrogen) atoms. The van der Waals surface area contributed by atoms with E-state index in [0.717, 1.165) is 35.5 Å². The van der Waals surface area contributed by atoms with E-state index in [4.69, 9.17) is 5.73 Å². The fraction of sp³-hybridized carbons (Fsp3) is 0.400. The van der Waals surface area contributed by atoms with Crippen molar-refractivity contribution in [2.75, 3.05) is 11.9 Å². The van der Waals surface area contributed by atoms with Gasteiger partial charge in [-0.05, 0) is 37.8 Å². The lowest BCUT2D eigenvalue weighted by atomic mass is 10.0. The highest BCUT2D eigenvalue weighted by Gasteiger charge is 2.28. The van der Waals surface area contributed by atoms with Crippen LogP contribution in [0.5, 0.6) is 0 Å². The minimum atomic E-state index is -0.459. The van der Waals surface area contributed by atoms with Crippen LogP contribution in [0, 0.1) is 0 Å². The van der Waals surface area contributed by atoms with E-state index in [9.17, 15) is 9.59 Å². The van der Waals surface area contributed by atoms with Gasteiger partial charge in [-0.2, -0.15) is 0 Å². The lowest BCUT2D eigenvalue weighted by Crippen LogP contribution is -2.35. The molecule has 1 aliphatic rings. The maximum atomic E-state index is 12.4. The lowest BCUT2D eigenvalue weighted by molar-refractivity contribution is -0.116. The van der Waals surface area contributed by atoms with Gasteiger partial charge in [-0.3, -0.25) is 14.5 Å². The largest absolute Gasteiger partial charge is 0.365 e. The van der Waals surface area contributed by atoms with E-state index < -0.39 is 5.91 Å². The van der Waals surface area contributed by atoms with E-state index in [1.165, 1.54) is 11.3 Å². The van der Waals surface area contributed by atoms with Crippen LogP contribution in [0.3, 0.4) is 0 Å². The molecule has 7 heteroatoms. The number of fused-ring (bicyclic) bond motifs is 1. The normalized spacial score (nSPS) is 13.7. The lowest BCUT2D eigenvalue weighted by Gasteiger charge is -2.30. The fourth-order valence-electron chi connectivity index (χ4n) is 3.30. The molecule has 3 rings (SSSR count). The minimum Gasteiger partial charge on any atom is -0.365 e. The summed E-state index contributed by atoms with van der Waals surface area (Å²) in [5.74, 6) is -0.547. The predicted molar refractivity (Wildman–Crippen MR) is 113 cm³/mol. The van der Waals surface area contributed by atoms with E-state index in [1.54, 1.807) is 0 Å². The molecule has 3 N–H and O–H groups in total. The first-order chi connectivity index (χ1) is 12.5. The Hall–Kier alpha value is -1.89. The fourth-order valence-corrected chi connectivity index (χ4v) is 4.60. The van der Waals surface area contributed by atoms with Gasteiger partial charge in [0.25, 0.3) is 5.91 Å². The molecule has 0 atom stereocenters. The molecule has 5 nitrogen and oxygen atoms in total. The van der Waals surface area contributed by atoms with Crippen molar-refractivity contribution in [3.63, 3.8) is 0 Å². The summed E-state index contributed by atoms with van der Waals surface area (Å²) in [4.78, 5) is 27.9. The van der Waals surface area contributed by atoms with E-state index in [-0.39, 0.29) is 18.3 Å². The number of halogens is 1. The predicted octanol–water partition coefficient (Wildman–Crippen LogP) is 3.61. The van der Waals surface area contributed by atoms with Crippen molar-refractivity contribution in [1.29, 1.82) is 0 Å². The summed E-state index contributed by atoms with van der Waals surface area (Å²) < 4.78 is 0. The minimum absolute atomic E-state index is 0. The molecule has 0 unspecified atom stereocenters. The molecule has 2 amide bonds. The van der Waals surface area contributed by atoms with Crippen molar-refractivity contribution >= 4 is 40.6 Å². The summed E-state index contributed by atoms with van der Waals surface area (Å²) in [6.07, 6.45) is 1.84. The quantitative estimate of drug-likeness (QED) is 0.768. The summed E-state index contributed by atoms with van der Waals surface area (Å²) in [6, 6.07) is 10.3. The van der Waals surface area contributed by atoms with Crippen molar-refractivity contribution in [2.45, 2.75) is 45.7 Å². The number of nitrogens with two attached hydrogens (primary N) is 1. The van der Waals surface area contributed by atoms with Crippen molar-refractivity contribution in [2.24, 2.45) is 5.73 Å². The third-order valence-electron chi connectivity index (χ3n) is 4.80. The number of thiophene rings is 1. The number of hydrogen-bond donors (Lipinski definition) is 2. The molecule has 0 aliphatic carbocycles. The first kappa shape index (κ1) is 21.4. The van der Waals surface area contributed by atoms with Crippen molar-refractivity contribution in [3.8, 4) is 0 Å². The molecule has 0 saturated heterocycles. The molecule has 2 heterocycles. The molecule has 1 aromatic carbocycles. The van der Waals surface area contributed by atoms with Crippen molar-refractivity contribution in [3.05, 3.63) is 51.9 Å². The van der Waals surface area contributed by atoms with Gasteiger partial charge in [0, 0.05) is 30.4 Å². The maximum absolute atomic E-state index is 12.4. The smallest absolute Gasteiger partial charge is 0.251 e. The van der Waals surface area contributed by atoms with Crippen LogP contribution in [0.1, 0.15) is 46.6 Å². The zero-order chi connectivity index (χ0) is 18.7. The number of rotatable bonds is 6. The number of nitrogens with zero attached hydrogens (tertiary/aromatic N) is 1. The highest BCUT2D eigenvalue weighted by atomic mass is 35.5. The van der Waals surface area contributed by atoms with Crippen LogP contribution in [0.15, 0.2) is 30.3 Å². The van der Waals surface area contributed by atoms with E-state index >= 15 is 0 Å². The number of primary amides is 1. The Kier molecular flexibility index (Phi) is 7.41. The van der Waals surface area contributed by atoms with Gasteiger partial charge in [0.2, 0.25) is 5.91 Å². The molecule has 1 aliphatic heterocycles. The number of hydrogen-bond acceptors (Lipinski definition) is 4. The van der Waals surface area contributed by atoms with Crippen LogP contribution in [0.25, 0.3) is 0 Å². The Morgan fingerprint density at radius 3 is 2.59 bits per heavy atom. The van der Waals surface area contributed by atoms with Crippen molar-refractivity contribution in [1.82, 2.24) is 4.90 Å². The average Bonchev–Trinajstić information content (AvgIpc) is 2.97. The van der Waals surface area contributed by atoms with Crippen LogP contribution in [-0.2, 0) is 24.2 Å². The van der Waals surface area contributed by atoms with Gasteiger partial charge in [-0.1, -0.05) is 30.3 Å². The van der Waals surface area contributed by atoms with E-state index in [1.807, 2.05) is 30.3 Å². The second-order valence-electron chi connectivity index (χ2n) is 6.92. The van der Waals surface area contributed by atoms with Crippen LogP contribution in [0.4, 0.5) is 5.00 Å². The SMILES string of the molecule is CC(C)N1CCc2c(sc(NC(=O)CCc3ccccc3)c2C(N)=O)C1.Cl. The Balaban J connectivity index is 0.00000261. The van der Waals surface area contributed by atoms with Gasteiger partial charge in [0.05, 0.1) is 5.56 Å². The summed E-state index contributed by atoms with van der Waals surface area (Å²) in [6.45, 7) is 6.04. The monoisotopic (exact) mass is 407 g/mol. The number of aryl methyl sites for hydroxylation is 1. The number of carbonyl (C=O) groups is 2. The maximum Gasteiger partial charge on any atom is 0.251 e. The summed E-state index contributed by atoms with van der Waals surface area (Å²) in [5.41, 5.74) is 8.26. The number of amides is 2. The van der Waals surface area contributed by atoms with Gasteiger partial charge >= 0.3 is 0 Å². The van der Waals surface area contributed by atoms with Crippen molar-refractivity contribution < 1.29 is 9.59 Å². The number of benzene rings is 1. The Morgan fingerprint density at radius 2 is 1.96 bits per heavy atom. The number of carbonyl (C=O) groups excluding carboxylic acids is 2. The van der Waals surface area contributed by atoms with Gasteiger partial charge in [-0.15, -0.1) is 23.7 Å². The van der Waals surface area contributed by atoms with E-state index in [2.05, 4.69) is 24.1 Å². The molecular weight excluding hydrogens is 382 g/mol. The van der Waals surface area contributed by atoms with Gasteiger partial charge < -0.3 is 11.1 Å². The molecule has 0 saturated carbocycles. The second-order valence-corrected chi connectivity index (χ2v) is 8.03. The molecule has 1 aromatic heterocycles. The molecule has 146 valence electrons. The summed E-state index contributed by atoms with van der Waals surface area (Å²) >= 11 is 1.49. The molecule has 0 fully saturated rings. The molecule has 0 spiro atoms. The van der Waals surface area contributed by atoms with Gasteiger partial charge in [0.15, 0.2) is 0 Å². The highest BCUT2D eigenvalue weighted by molar-refractivity contribution is 7.17. The summed E-state index contributed by atoms with van der Waals surface area (Å²) in [5, 5.41) is 3.53. The third-order valence-corrected chi connectivity index (χ3v) is 5.93. The van der Waals surface area contributed by atoms with Crippen LogP contribution >= 0.6 is 23.7 Å². The average molecular weight is 408 g/mol. The molecular formula is C20H26ClN3O2S. The zero-order valence-electron chi connectivity index (χ0n) is 15.7. The second kappa shape index (κ2) is 9.35. The Labute approximate surface area is 170 Å². The Morgan fingerprint density at radius 1 is 1.26 bits per heavy atom. The van der Waals surface area contributed by atoms with Gasteiger partial charge in [0.1, 0.15) is 5.00 Å². The van der Waals surface area contributed by atoms with Crippen LogP contribution in [-0.4, -0.2) is 29.3 Å².